The Morgan fingerprint density at radius 3 is 2.52 bits per heavy atom. The Bertz CT molecular complexity index is 623. The molecule has 0 saturated carbocycles. The highest BCUT2D eigenvalue weighted by Gasteiger charge is 2.11. The maximum absolute atomic E-state index is 11.6. The van der Waals surface area contributed by atoms with Gasteiger partial charge in [-0.1, -0.05) is 43.3 Å². The Labute approximate surface area is 137 Å². The van der Waals surface area contributed by atoms with Gasteiger partial charge in [-0.15, -0.1) is 0 Å². The molecular formula is C19H22O4. The van der Waals surface area contributed by atoms with Crippen LogP contribution in [0.25, 0.3) is 0 Å². The zero-order valence-electron chi connectivity index (χ0n) is 13.6. The molecule has 0 spiro atoms. The Morgan fingerprint density at radius 2 is 1.83 bits per heavy atom. The van der Waals surface area contributed by atoms with E-state index < -0.39 is 0 Å². The fourth-order valence-electron chi connectivity index (χ4n) is 2.09. The molecule has 23 heavy (non-hydrogen) atoms. The number of esters is 1. The van der Waals surface area contributed by atoms with Gasteiger partial charge in [-0.3, -0.25) is 4.79 Å². The van der Waals surface area contributed by atoms with Crippen molar-refractivity contribution in [2.45, 2.75) is 26.4 Å². The zero-order chi connectivity index (χ0) is 16.5. The fraction of sp³-hybridized carbons (Fsp3) is 0.316. The highest BCUT2D eigenvalue weighted by molar-refractivity contribution is 5.73. The van der Waals surface area contributed by atoms with E-state index in [1.807, 2.05) is 48.5 Å². The maximum Gasteiger partial charge on any atom is 0.310 e. The molecule has 0 aliphatic heterocycles. The van der Waals surface area contributed by atoms with Crippen LogP contribution in [0.4, 0.5) is 0 Å². The molecule has 0 heterocycles. The van der Waals surface area contributed by atoms with E-state index in [4.69, 9.17) is 14.2 Å². The summed E-state index contributed by atoms with van der Waals surface area (Å²) in [6.45, 7) is 3.14. The first kappa shape index (κ1) is 16.9. The normalized spacial score (nSPS) is 10.2. The summed E-state index contributed by atoms with van der Waals surface area (Å²) < 4.78 is 16.3. The van der Waals surface area contributed by atoms with Crippen LogP contribution in [0, 0.1) is 0 Å². The summed E-state index contributed by atoms with van der Waals surface area (Å²) in [6, 6.07) is 15.4. The predicted octanol–water partition coefficient (Wildman–Crippen LogP) is 3.77. The van der Waals surface area contributed by atoms with Crippen LogP contribution in [0.2, 0.25) is 0 Å². The van der Waals surface area contributed by atoms with E-state index in [9.17, 15) is 4.79 Å². The lowest BCUT2D eigenvalue weighted by atomic mass is 10.1. The molecular weight excluding hydrogens is 292 g/mol. The van der Waals surface area contributed by atoms with E-state index in [-0.39, 0.29) is 12.4 Å². The SMILES string of the molecule is CCCOc1ccc(CC(=O)OC)c(OCc2ccccc2)c1. The third-order valence-electron chi connectivity index (χ3n) is 3.31. The van der Waals surface area contributed by atoms with Gasteiger partial charge >= 0.3 is 5.97 Å². The molecule has 0 unspecified atom stereocenters. The minimum Gasteiger partial charge on any atom is -0.493 e. The number of hydrogen-bond donors (Lipinski definition) is 0. The lowest BCUT2D eigenvalue weighted by Crippen LogP contribution is -2.07. The Hall–Kier alpha value is -2.49. The minimum atomic E-state index is -0.295. The number of methoxy groups -OCH3 is 1. The second kappa shape index (κ2) is 8.83. The minimum absolute atomic E-state index is 0.175. The van der Waals surface area contributed by atoms with Gasteiger partial charge in [0.25, 0.3) is 0 Å². The van der Waals surface area contributed by atoms with Crippen LogP contribution in [-0.4, -0.2) is 19.7 Å². The standard InChI is InChI=1S/C19H22O4/c1-3-11-22-17-10-9-16(12-19(20)21-2)18(13-17)23-14-15-7-5-4-6-8-15/h4-10,13H,3,11-12,14H2,1-2H3. The summed E-state index contributed by atoms with van der Waals surface area (Å²) in [5.74, 6) is 1.09. The molecule has 2 rings (SSSR count). The average Bonchev–Trinajstić information content (AvgIpc) is 2.60. The number of hydrogen-bond acceptors (Lipinski definition) is 4. The molecule has 2 aromatic carbocycles. The molecule has 0 aliphatic rings. The number of ether oxygens (including phenoxy) is 3. The molecule has 2 aromatic rings. The van der Waals surface area contributed by atoms with E-state index in [2.05, 4.69) is 6.92 Å². The molecule has 0 atom stereocenters. The lowest BCUT2D eigenvalue weighted by molar-refractivity contribution is -0.139. The van der Waals surface area contributed by atoms with Crippen molar-refractivity contribution in [2.24, 2.45) is 0 Å². The van der Waals surface area contributed by atoms with Crippen LogP contribution in [0.5, 0.6) is 11.5 Å². The molecule has 0 saturated heterocycles. The van der Waals surface area contributed by atoms with Crippen LogP contribution in [-0.2, 0) is 22.6 Å². The van der Waals surface area contributed by atoms with Gasteiger partial charge in [0.05, 0.1) is 20.1 Å². The molecule has 0 aliphatic carbocycles. The highest BCUT2D eigenvalue weighted by Crippen LogP contribution is 2.27. The molecule has 4 heteroatoms. The maximum atomic E-state index is 11.6. The number of carbonyl (C=O) groups is 1. The third-order valence-corrected chi connectivity index (χ3v) is 3.31. The van der Waals surface area contributed by atoms with Crippen LogP contribution in [0.15, 0.2) is 48.5 Å². The monoisotopic (exact) mass is 314 g/mol. The zero-order valence-corrected chi connectivity index (χ0v) is 13.6. The van der Waals surface area contributed by atoms with Gasteiger partial charge in [0.1, 0.15) is 18.1 Å². The summed E-state index contributed by atoms with van der Waals surface area (Å²) in [5.41, 5.74) is 1.85. The summed E-state index contributed by atoms with van der Waals surface area (Å²) in [6.07, 6.45) is 1.11. The lowest BCUT2D eigenvalue weighted by Gasteiger charge is -2.13. The van der Waals surface area contributed by atoms with E-state index in [1.165, 1.54) is 7.11 Å². The van der Waals surface area contributed by atoms with Crippen LogP contribution >= 0.6 is 0 Å². The van der Waals surface area contributed by atoms with E-state index in [0.717, 1.165) is 23.3 Å². The topological polar surface area (TPSA) is 44.8 Å². The summed E-state index contributed by atoms with van der Waals surface area (Å²) >= 11 is 0. The summed E-state index contributed by atoms with van der Waals surface area (Å²) in [7, 11) is 1.38. The molecule has 0 N–H and O–H groups in total. The van der Waals surface area contributed by atoms with Crippen molar-refractivity contribution in [2.75, 3.05) is 13.7 Å². The summed E-state index contributed by atoms with van der Waals surface area (Å²) in [5, 5.41) is 0. The van der Waals surface area contributed by atoms with E-state index >= 15 is 0 Å². The van der Waals surface area contributed by atoms with Crippen LogP contribution < -0.4 is 9.47 Å². The van der Waals surface area contributed by atoms with Crippen molar-refractivity contribution >= 4 is 5.97 Å². The molecule has 4 nitrogen and oxygen atoms in total. The number of carbonyl (C=O) groups excluding carboxylic acids is 1. The van der Waals surface area contributed by atoms with Crippen molar-refractivity contribution in [3.63, 3.8) is 0 Å². The third kappa shape index (κ3) is 5.33. The second-order valence-corrected chi connectivity index (χ2v) is 5.15. The molecule has 0 bridgehead atoms. The van der Waals surface area contributed by atoms with Gasteiger partial charge in [-0.25, -0.2) is 0 Å². The Kier molecular flexibility index (Phi) is 6.48. The first-order valence-corrected chi connectivity index (χ1v) is 7.72. The van der Waals surface area contributed by atoms with Crippen molar-refractivity contribution in [3.05, 3.63) is 59.7 Å². The van der Waals surface area contributed by atoms with Gasteiger partial charge in [-0.05, 0) is 18.1 Å². The van der Waals surface area contributed by atoms with Crippen LogP contribution in [0.1, 0.15) is 24.5 Å². The van der Waals surface area contributed by atoms with Gasteiger partial charge in [0.15, 0.2) is 0 Å². The highest BCUT2D eigenvalue weighted by atomic mass is 16.5. The van der Waals surface area contributed by atoms with Crippen LogP contribution in [0.3, 0.4) is 0 Å². The predicted molar refractivity (Wildman–Crippen MR) is 88.7 cm³/mol. The fourth-order valence-corrected chi connectivity index (χ4v) is 2.09. The van der Waals surface area contributed by atoms with Crippen molar-refractivity contribution < 1.29 is 19.0 Å². The number of rotatable bonds is 8. The first-order valence-electron chi connectivity index (χ1n) is 7.72. The van der Waals surface area contributed by atoms with Gasteiger partial charge in [-0.2, -0.15) is 0 Å². The van der Waals surface area contributed by atoms with Gasteiger partial charge < -0.3 is 14.2 Å². The average molecular weight is 314 g/mol. The molecule has 0 amide bonds. The molecule has 122 valence electrons. The van der Waals surface area contributed by atoms with Gasteiger partial charge in [0.2, 0.25) is 0 Å². The largest absolute Gasteiger partial charge is 0.493 e. The number of benzene rings is 2. The van der Waals surface area contributed by atoms with E-state index in [0.29, 0.717) is 19.0 Å². The van der Waals surface area contributed by atoms with E-state index in [1.54, 1.807) is 0 Å². The Morgan fingerprint density at radius 1 is 1.04 bits per heavy atom. The first-order chi connectivity index (χ1) is 11.2. The van der Waals surface area contributed by atoms with Crippen molar-refractivity contribution in [3.8, 4) is 11.5 Å². The smallest absolute Gasteiger partial charge is 0.310 e. The van der Waals surface area contributed by atoms with Crippen molar-refractivity contribution in [1.82, 2.24) is 0 Å². The quantitative estimate of drug-likeness (QED) is 0.696. The molecule has 0 radical (unpaired) electrons. The Balaban J connectivity index is 2.15. The summed E-state index contributed by atoms with van der Waals surface area (Å²) in [4.78, 5) is 11.6. The molecule has 0 fully saturated rings. The molecule has 0 aromatic heterocycles. The second-order valence-electron chi connectivity index (χ2n) is 5.15. The van der Waals surface area contributed by atoms with Crippen molar-refractivity contribution in [1.29, 1.82) is 0 Å². The van der Waals surface area contributed by atoms with Gasteiger partial charge in [0, 0.05) is 11.6 Å².